The van der Waals surface area contributed by atoms with E-state index in [4.69, 9.17) is 21.3 Å². The zero-order chi connectivity index (χ0) is 20.2. The lowest BCUT2D eigenvalue weighted by molar-refractivity contribution is -0.110. The summed E-state index contributed by atoms with van der Waals surface area (Å²) < 4.78 is 7.81. The van der Waals surface area contributed by atoms with E-state index in [1.807, 2.05) is 24.1 Å². The number of nitrogens with zero attached hydrogens (tertiary/aromatic N) is 3. The zero-order valence-corrected chi connectivity index (χ0v) is 18.0. The van der Waals surface area contributed by atoms with Gasteiger partial charge in [-0.2, -0.15) is 0 Å². The van der Waals surface area contributed by atoms with Crippen LogP contribution < -0.4 is 5.32 Å². The van der Waals surface area contributed by atoms with Crippen molar-refractivity contribution in [1.82, 2.24) is 19.8 Å². The highest BCUT2D eigenvalue weighted by molar-refractivity contribution is 7.13. The second-order valence-corrected chi connectivity index (χ2v) is 8.79. The van der Waals surface area contributed by atoms with Crippen molar-refractivity contribution in [3.05, 3.63) is 40.5 Å². The van der Waals surface area contributed by atoms with Crippen LogP contribution in [0.15, 0.2) is 29.8 Å². The fourth-order valence-electron chi connectivity index (χ4n) is 3.86. The number of hydrogen-bond donors (Lipinski definition) is 1. The number of thiazole rings is 1. The first kappa shape index (κ1) is 20.3. The van der Waals surface area contributed by atoms with E-state index in [0.29, 0.717) is 25.5 Å². The van der Waals surface area contributed by atoms with Crippen LogP contribution in [0.1, 0.15) is 18.5 Å². The fraction of sp³-hybridized carbons (Fsp3) is 0.429. The van der Waals surface area contributed by atoms with E-state index < -0.39 is 0 Å². The molecule has 1 aliphatic heterocycles. The molecule has 0 saturated carbocycles. The average molecular weight is 433 g/mol. The molecule has 4 rings (SSSR count). The van der Waals surface area contributed by atoms with E-state index in [0.717, 1.165) is 64.8 Å². The quantitative estimate of drug-likeness (QED) is 0.432. The molecule has 3 aromatic rings. The molecule has 3 heterocycles. The summed E-state index contributed by atoms with van der Waals surface area (Å²) in [5.74, 6) is 0.606. The Morgan fingerprint density at radius 1 is 1.41 bits per heavy atom. The number of ether oxygens (including phenoxy) is 1. The Morgan fingerprint density at radius 3 is 3.03 bits per heavy atom. The summed E-state index contributed by atoms with van der Waals surface area (Å²) in [6.45, 7) is 3.80. The second-order valence-electron chi connectivity index (χ2n) is 7.53. The van der Waals surface area contributed by atoms with Crippen molar-refractivity contribution in [2.45, 2.75) is 25.9 Å². The van der Waals surface area contributed by atoms with Gasteiger partial charge in [-0.3, -0.25) is 9.69 Å². The van der Waals surface area contributed by atoms with E-state index >= 15 is 0 Å². The van der Waals surface area contributed by atoms with Gasteiger partial charge in [-0.15, -0.1) is 11.3 Å². The van der Waals surface area contributed by atoms with Gasteiger partial charge in [0.05, 0.1) is 22.9 Å². The van der Waals surface area contributed by atoms with Crippen LogP contribution in [0, 0.1) is 5.92 Å². The molecule has 1 aliphatic rings. The number of halogens is 1. The molecule has 1 N–H and O–H groups in total. The van der Waals surface area contributed by atoms with Gasteiger partial charge in [0.15, 0.2) is 0 Å². The standard InChI is InChI=1S/C21H25ClN4O2S/c1-25(13-23-14-27)10-16-12-29-21(24-16)18-11-26(9-15-5-7-28-8-6-15)20-17(18)3-2-4-19(20)22/h2-4,11-12,14-15H,5-10,13H2,1H3,(H,23,27). The number of para-hydroxylation sites is 1. The molecule has 0 bridgehead atoms. The van der Waals surface area contributed by atoms with Crippen LogP contribution in [0.4, 0.5) is 0 Å². The first-order valence-corrected chi connectivity index (χ1v) is 11.1. The van der Waals surface area contributed by atoms with Crippen LogP contribution in [0.5, 0.6) is 0 Å². The third-order valence-corrected chi connectivity index (χ3v) is 6.53. The van der Waals surface area contributed by atoms with Crippen molar-refractivity contribution in [1.29, 1.82) is 0 Å². The Kier molecular flexibility index (Phi) is 6.50. The molecule has 0 spiro atoms. The number of benzene rings is 1. The third-order valence-electron chi connectivity index (χ3n) is 5.30. The summed E-state index contributed by atoms with van der Waals surface area (Å²) in [5.41, 5.74) is 3.20. The Bertz CT molecular complexity index is 980. The first-order chi connectivity index (χ1) is 14.2. The van der Waals surface area contributed by atoms with E-state index in [1.54, 1.807) is 11.3 Å². The topological polar surface area (TPSA) is 59.4 Å². The molecule has 0 unspecified atom stereocenters. The van der Waals surface area contributed by atoms with Crippen LogP contribution in [0.25, 0.3) is 21.5 Å². The molecule has 8 heteroatoms. The molecule has 0 atom stereocenters. The maximum absolute atomic E-state index is 10.5. The van der Waals surface area contributed by atoms with Crippen molar-refractivity contribution >= 4 is 40.3 Å². The smallest absolute Gasteiger partial charge is 0.208 e. The summed E-state index contributed by atoms with van der Waals surface area (Å²) in [7, 11) is 1.95. The Balaban J connectivity index is 1.62. The molecule has 2 aromatic heterocycles. The van der Waals surface area contributed by atoms with Crippen LogP contribution >= 0.6 is 22.9 Å². The minimum absolute atomic E-state index is 0.496. The Labute approximate surface area is 179 Å². The first-order valence-electron chi connectivity index (χ1n) is 9.81. The Morgan fingerprint density at radius 2 is 2.24 bits per heavy atom. The molecular formula is C21H25ClN4O2S. The molecule has 1 fully saturated rings. The fourth-order valence-corrected chi connectivity index (χ4v) is 4.98. The van der Waals surface area contributed by atoms with Crippen molar-refractivity contribution in [3.63, 3.8) is 0 Å². The normalized spacial score (nSPS) is 15.3. The van der Waals surface area contributed by atoms with Crippen molar-refractivity contribution < 1.29 is 9.53 Å². The summed E-state index contributed by atoms with van der Waals surface area (Å²) in [4.78, 5) is 17.3. The van der Waals surface area contributed by atoms with Crippen LogP contribution in [0.2, 0.25) is 5.02 Å². The SMILES string of the molecule is CN(CNC=O)Cc1csc(-c2cn(CC3CCOCC3)c3c(Cl)cccc23)n1. The van der Waals surface area contributed by atoms with E-state index in [2.05, 4.69) is 27.5 Å². The minimum atomic E-state index is 0.496. The highest BCUT2D eigenvalue weighted by atomic mass is 35.5. The number of hydrogen-bond acceptors (Lipinski definition) is 5. The molecule has 1 aromatic carbocycles. The maximum atomic E-state index is 10.5. The molecule has 29 heavy (non-hydrogen) atoms. The second kappa shape index (κ2) is 9.26. The number of amides is 1. The number of nitrogens with one attached hydrogen (secondary N) is 1. The number of aromatic nitrogens is 2. The lowest BCUT2D eigenvalue weighted by atomic mass is 10.0. The molecule has 6 nitrogen and oxygen atoms in total. The number of fused-ring (bicyclic) bond motifs is 1. The number of carbonyl (C=O) groups is 1. The molecule has 0 radical (unpaired) electrons. The number of rotatable bonds is 8. The Hall–Kier alpha value is -1.93. The maximum Gasteiger partial charge on any atom is 0.208 e. The van der Waals surface area contributed by atoms with Crippen LogP contribution in [-0.2, 0) is 22.6 Å². The largest absolute Gasteiger partial charge is 0.381 e. The lowest BCUT2D eigenvalue weighted by Gasteiger charge is -2.23. The average Bonchev–Trinajstić information content (AvgIpc) is 3.32. The summed E-state index contributed by atoms with van der Waals surface area (Å²) in [5, 5.41) is 7.67. The number of carbonyl (C=O) groups excluding carboxylic acids is 1. The molecule has 0 aliphatic carbocycles. The monoisotopic (exact) mass is 432 g/mol. The van der Waals surface area contributed by atoms with Gasteiger partial charge in [-0.25, -0.2) is 4.98 Å². The van der Waals surface area contributed by atoms with Gasteiger partial charge >= 0.3 is 0 Å². The van der Waals surface area contributed by atoms with Gasteiger partial charge in [0.1, 0.15) is 5.01 Å². The van der Waals surface area contributed by atoms with Crippen LogP contribution in [0.3, 0.4) is 0 Å². The highest BCUT2D eigenvalue weighted by Gasteiger charge is 2.20. The molecule has 154 valence electrons. The van der Waals surface area contributed by atoms with Crippen LogP contribution in [-0.4, -0.2) is 47.8 Å². The summed E-state index contributed by atoms with van der Waals surface area (Å²) in [6, 6.07) is 6.08. The molecule has 1 saturated heterocycles. The van der Waals surface area contributed by atoms with E-state index in [9.17, 15) is 4.79 Å². The predicted octanol–water partition coefficient (Wildman–Crippen LogP) is 3.98. The van der Waals surface area contributed by atoms with Gasteiger partial charge < -0.3 is 14.6 Å². The summed E-state index contributed by atoms with van der Waals surface area (Å²) in [6.07, 6.45) is 5.08. The highest BCUT2D eigenvalue weighted by Crippen LogP contribution is 2.37. The van der Waals surface area contributed by atoms with Gasteiger partial charge in [0.25, 0.3) is 0 Å². The van der Waals surface area contributed by atoms with E-state index in [1.165, 1.54) is 0 Å². The lowest BCUT2D eigenvalue weighted by Crippen LogP contribution is -2.29. The van der Waals surface area contributed by atoms with Gasteiger partial charge in [-0.05, 0) is 31.9 Å². The molecular weight excluding hydrogens is 408 g/mol. The molecule has 1 amide bonds. The summed E-state index contributed by atoms with van der Waals surface area (Å²) >= 11 is 8.24. The minimum Gasteiger partial charge on any atom is -0.381 e. The predicted molar refractivity (Wildman–Crippen MR) is 117 cm³/mol. The van der Waals surface area contributed by atoms with Crippen molar-refractivity contribution in [2.75, 3.05) is 26.9 Å². The van der Waals surface area contributed by atoms with Gasteiger partial charge in [0, 0.05) is 48.8 Å². The van der Waals surface area contributed by atoms with E-state index in [-0.39, 0.29) is 0 Å². The van der Waals surface area contributed by atoms with Crippen molar-refractivity contribution in [2.24, 2.45) is 5.92 Å². The third kappa shape index (κ3) is 4.64. The van der Waals surface area contributed by atoms with Gasteiger partial charge in [-0.1, -0.05) is 23.7 Å². The zero-order valence-electron chi connectivity index (χ0n) is 16.4. The van der Waals surface area contributed by atoms with Crippen molar-refractivity contribution in [3.8, 4) is 10.6 Å². The van der Waals surface area contributed by atoms with Gasteiger partial charge in [0.2, 0.25) is 6.41 Å².